The average Bonchev–Trinajstić information content (AvgIpc) is 2.54. The Labute approximate surface area is 140 Å². The Bertz CT molecular complexity index is 335. The maximum atomic E-state index is 3.29. The van der Waals surface area contributed by atoms with Gasteiger partial charge in [-0.05, 0) is 26.7 Å². The molecular formula is C22H38. The largest absolute Gasteiger partial charge is 0.0988 e. The van der Waals surface area contributed by atoms with E-state index in [1.54, 1.807) is 0 Å². The van der Waals surface area contributed by atoms with Crippen LogP contribution in [0.2, 0.25) is 0 Å². The molecule has 22 heavy (non-hydrogen) atoms. The van der Waals surface area contributed by atoms with Gasteiger partial charge in [0.05, 0.1) is 0 Å². The van der Waals surface area contributed by atoms with Crippen molar-refractivity contribution in [3.05, 3.63) is 23.8 Å². The van der Waals surface area contributed by atoms with Crippen LogP contribution < -0.4 is 0 Å². The van der Waals surface area contributed by atoms with Crippen molar-refractivity contribution in [3.63, 3.8) is 0 Å². The van der Waals surface area contributed by atoms with E-state index in [9.17, 15) is 0 Å². The van der Waals surface area contributed by atoms with Gasteiger partial charge in [0, 0.05) is 12.8 Å². The SMILES string of the molecule is CC=CCC#CCC(=CC)CCCCCCCCCCCC. The van der Waals surface area contributed by atoms with Crippen molar-refractivity contribution in [3.8, 4) is 11.8 Å². The van der Waals surface area contributed by atoms with Gasteiger partial charge in [0.15, 0.2) is 0 Å². The minimum absolute atomic E-state index is 0.895. The third-order valence-electron chi connectivity index (χ3n) is 4.16. The summed E-state index contributed by atoms with van der Waals surface area (Å²) < 4.78 is 0. The average molecular weight is 303 g/mol. The minimum atomic E-state index is 0.895. The number of hydrogen-bond donors (Lipinski definition) is 0. The first-order chi connectivity index (χ1) is 10.8. The molecule has 0 aliphatic heterocycles. The van der Waals surface area contributed by atoms with Crippen molar-refractivity contribution in [1.29, 1.82) is 0 Å². The Balaban J connectivity index is 3.45. The zero-order valence-electron chi connectivity index (χ0n) is 15.4. The molecule has 0 heteroatoms. The van der Waals surface area contributed by atoms with E-state index in [1.165, 1.54) is 76.2 Å². The van der Waals surface area contributed by atoms with E-state index in [4.69, 9.17) is 0 Å². The minimum Gasteiger partial charge on any atom is -0.0988 e. The lowest BCUT2D eigenvalue weighted by Gasteiger charge is -2.04. The predicted molar refractivity (Wildman–Crippen MR) is 102 cm³/mol. The van der Waals surface area contributed by atoms with E-state index >= 15 is 0 Å². The molecule has 126 valence electrons. The lowest BCUT2D eigenvalue weighted by Crippen LogP contribution is -1.85. The summed E-state index contributed by atoms with van der Waals surface area (Å²) in [6.07, 6.45) is 23.7. The van der Waals surface area contributed by atoms with E-state index < -0.39 is 0 Å². The molecule has 0 saturated carbocycles. The number of unbranched alkanes of at least 4 members (excludes halogenated alkanes) is 9. The molecule has 0 nitrogen and oxygen atoms in total. The Morgan fingerprint density at radius 2 is 1.36 bits per heavy atom. The molecule has 0 unspecified atom stereocenters. The lowest BCUT2D eigenvalue weighted by atomic mass is 10.0. The van der Waals surface area contributed by atoms with Crippen LogP contribution in [0.25, 0.3) is 0 Å². The summed E-state index contributed by atoms with van der Waals surface area (Å²) in [5.41, 5.74) is 1.52. The van der Waals surface area contributed by atoms with Crippen LogP contribution in [-0.4, -0.2) is 0 Å². The molecule has 0 fully saturated rings. The highest BCUT2D eigenvalue weighted by Crippen LogP contribution is 2.15. The van der Waals surface area contributed by atoms with Crippen LogP contribution in [0, 0.1) is 11.8 Å². The Hall–Kier alpha value is -0.960. The third-order valence-corrected chi connectivity index (χ3v) is 4.16. The second kappa shape index (κ2) is 18.1. The van der Waals surface area contributed by atoms with Gasteiger partial charge in [-0.25, -0.2) is 0 Å². The first-order valence-corrected chi connectivity index (χ1v) is 9.56. The standard InChI is InChI=1S/C22H38/c1-4-7-9-11-12-13-14-15-17-19-21-22(6-3)20-18-16-10-8-5-2/h5-6,8H,4,7,9-15,17,19-21H2,1-3H3. The van der Waals surface area contributed by atoms with Crippen molar-refractivity contribution in [1.82, 2.24) is 0 Å². The van der Waals surface area contributed by atoms with Crippen molar-refractivity contribution >= 4 is 0 Å². The van der Waals surface area contributed by atoms with E-state index in [0.717, 1.165) is 12.8 Å². The molecule has 0 N–H and O–H groups in total. The molecule has 0 atom stereocenters. The van der Waals surface area contributed by atoms with E-state index in [2.05, 4.69) is 43.9 Å². The summed E-state index contributed by atoms with van der Waals surface area (Å²) in [5, 5.41) is 0. The highest BCUT2D eigenvalue weighted by Gasteiger charge is 1.96. The van der Waals surface area contributed by atoms with Gasteiger partial charge in [-0.1, -0.05) is 100 Å². The first kappa shape index (κ1) is 21.0. The summed E-state index contributed by atoms with van der Waals surface area (Å²) in [4.78, 5) is 0. The third kappa shape index (κ3) is 15.4. The molecule has 0 amide bonds. The molecule has 0 rings (SSSR count). The smallest absolute Gasteiger partial charge is 0.0299 e. The molecule has 0 aromatic heterocycles. The van der Waals surface area contributed by atoms with Gasteiger partial charge in [0.25, 0.3) is 0 Å². The van der Waals surface area contributed by atoms with Gasteiger partial charge in [0.2, 0.25) is 0 Å². The van der Waals surface area contributed by atoms with Gasteiger partial charge in [0.1, 0.15) is 0 Å². The van der Waals surface area contributed by atoms with Gasteiger partial charge >= 0.3 is 0 Å². The van der Waals surface area contributed by atoms with Gasteiger partial charge < -0.3 is 0 Å². The predicted octanol–water partition coefficient (Wildman–Crippen LogP) is 7.60. The van der Waals surface area contributed by atoms with Crippen LogP contribution >= 0.6 is 0 Å². The molecule has 0 saturated heterocycles. The number of rotatable bonds is 13. The highest BCUT2D eigenvalue weighted by molar-refractivity contribution is 5.14. The van der Waals surface area contributed by atoms with Crippen molar-refractivity contribution in [2.45, 2.75) is 104 Å². The van der Waals surface area contributed by atoms with Crippen molar-refractivity contribution < 1.29 is 0 Å². The van der Waals surface area contributed by atoms with Gasteiger partial charge in [-0.2, -0.15) is 0 Å². The van der Waals surface area contributed by atoms with Crippen molar-refractivity contribution in [2.24, 2.45) is 0 Å². The normalized spacial score (nSPS) is 11.7. The number of allylic oxidation sites excluding steroid dienone is 4. The second-order valence-corrected chi connectivity index (χ2v) is 6.18. The summed E-state index contributed by atoms with van der Waals surface area (Å²) >= 11 is 0. The summed E-state index contributed by atoms with van der Waals surface area (Å²) in [6.45, 7) is 6.48. The zero-order chi connectivity index (χ0) is 16.3. The maximum absolute atomic E-state index is 3.29. The van der Waals surface area contributed by atoms with Crippen LogP contribution in [0.5, 0.6) is 0 Å². The molecule has 0 aliphatic rings. The van der Waals surface area contributed by atoms with Crippen LogP contribution in [0.1, 0.15) is 104 Å². The summed E-state index contributed by atoms with van der Waals surface area (Å²) in [5.74, 6) is 6.50. The lowest BCUT2D eigenvalue weighted by molar-refractivity contribution is 0.555. The Morgan fingerprint density at radius 1 is 0.773 bits per heavy atom. The van der Waals surface area contributed by atoms with Crippen LogP contribution in [0.4, 0.5) is 0 Å². The molecule has 0 spiro atoms. The second-order valence-electron chi connectivity index (χ2n) is 6.18. The maximum Gasteiger partial charge on any atom is 0.0299 e. The monoisotopic (exact) mass is 302 g/mol. The fraction of sp³-hybridized carbons (Fsp3) is 0.727. The molecule has 0 aromatic carbocycles. The molecule has 0 aromatic rings. The highest BCUT2D eigenvalue weighted by atomic mass is 14.0. The van der Waals surface area contributed by atoms with Crippen LogP contribution in [-0.2, 0) is 0 Å². The quantitative estimate of drug-likeness (QED) is 0.187. The fourth-order valence-corrected chi connectivity index (χ4v) is 2.60. The molecule has 0 heterocycles. The van der Waals surface area contributed by atoms with E-state index in [0.29, 0.717) is 0 Å². The van der Waals surface area contributed by atoms with Gasteiger partial charge in [-0.15, -0.1) is 0 Å². The van der Waals surface area contributed by atoms with E-state index in [1.807, 2.05) is 6.92 Å². The van der Waals surface area contributed by atoms with Crippen LogP contribution in [0.3, 0.4) is 0 Å². The van der Waals surface area contributed by atoms with Crippen molar-refractivity contribution in [2.75, 3.05) is 0 Å². The topological polar surface area (TPSA) is 0 Å². The molecular weight excluding hydrogens is 264 g/mol. The molecule has 0 aliphatic carbocycles. The number of hydrogen-bond acceptors (Lipinski definition) is 0. The molecule has 0 bridgehead atoms. The van der Waals surface area contributed by atoms with E-state index in [-0.39, 0.29) is 0 Å². The van der Waals surface area contributed by atoms with Gasteiger partial charge in [-0.3, -0.25) is 0 Å². The molecule has 0 radical (unpaired) electrons. The summed E-state index contributed by atoms with van der Waals surface area (Å²) in [6, 6.07) is 0. The Morgan fingerprint density at radius 3 is 1.91 bits per heavy atom. The zero-order valence-corrected chi connectivity index (χ0v) is 15.4. The van der Waals surface area contributed by atoms with Crippen LogP contribution in [0.15, 0.2) is 23.8 Å². The Kier molecular flexibility index (Phi) is 17.3. The first-order valence-electron chi connectivity index (χ1n) is 9.56. The summed E-state index contributed by atoms with van der Waals surface area (Å²) in [7, 11) is 0. The fourth-order valence-electron chi connectivity index (χ4n) is 2.60.